The van der Waals surface area contributed by atoms with Crippen molar-refractivity contribution in [3.8, 4) is 0 Å². The fourth-order valence-electron chi connectivity index (χ4n) is 2.18. The number of carbonyl (C=O) groups is 1. The molecular formula is C17H23N3O2. The van der Waals surface area contributed by atoms with E-state index >= 15 is 0 Å². The van der Waals surface area contributed by atoms with Crippen molar-refractivity contribution < 1.29 is 9.21 Å². The number of urea groups is 1. The molecule has 0 aliphatic carbocycles. The van der Waals surface area contributed by atoms with Gasteiger partial charge in [0.05, 0.1) is 6.04 Å². The maximum Gasteiger partial charge on any atom is 0.319 e. The Bertz CT molecular complexity index is 662. The highest BCUT2D eigenvalue weighted by atomic mass is 16.3. The molecule has 1 atom stereocenters. The summed E-state index contributed by atoms with van der Waals surface area (Å²) >= 11 is 0. The van der Waals surface area contributed by atoms with Gasteiger partial charge in [0, 0.05) is 25.5 Å². The number of hydrogen-bond acceptors (Lipinski definition) is 3. The molecule has 118 valence electrons. The van der Waals surface area contributed by atoms with E-state index in [4.69, 9.17) is 4.42 Å². The third-order valence-corrected chi connectivity index (χ3v) is 3.51. The van der Waals surface area contributed by atoms with Crippen LogP contribution in [0, 0.1) is 13.8 Å². The number of carbonyl (C=O) groups excluding carboxylic acids is 1. The maximum atomic E-state index is 12.1. The van der Waals surface area contributed by atoms with Gasteiger partial charge in [0.15, 0.2) is 0 Å². The summed E-state index contributed by atoms with van der Waals surface area (Å²) in [4.78, 5) is 14.1. The van der Waals surface area contributed by atoms with E-state index in [1.165, 1.54) is 0 Å². The third kappa shape index (κ3) is 3.81. The lowest BCUT2D eigenvalue weighted by atomic mass is 10.1. The minimum Gasteiger partial charge on any atom is -0.464 e. The normalized spacial score (nSPS) is 11.9. The Labute approximate surface area is 131 Å². The van der Waals surface area contributed by atoms with E-state index in [-0.39, 0.29) is 12.1 Å². The number of hydrogen-bond donors (Lipinski definition) is 2. The molecule has 5 heteroatoms. The predicted molar refractivity (Wildman–Crippen MR) is 89.5 cm³/mol. The summed E-state index contributed by atoms with van der Waals surface area (Å²) in [6.07, 6.45) is 0. The number of nitrogens with one attached hydrogen (secondary N) is 2. The second kappa shape index (κ2) is 6.56. The van der Waals surface area contributed by atoms with Crippen molar-refractivity contribution in [2.75, 3.05) is 24.3 Å². The van der Waals surface area contributed by atoms with Crippen LogP contribution < -0.4 is 15.5 Å². The number of nitrogens with zero attached hydrogens (tertiary/aromatic N) is 1. The van der Waals surface area contributed by atoms with Crippen molar-refractivity contribution in [1.82, 2.24) is 5.32 Å². The molecule has 2 aromatic rings. The monoisotopic (exact) mass is 301 g/mol. The lowest BCUT2D eigenvalue weighted by molar-refractivity contribution is 0.247. The quantitative estimate of drug-likeness (QED) is 0.902. The average molecular weight is 301 g/mol. The second-order valence-corrected chi connectivity index (χ2v) is 5.66. The van der Waals surface area contributed by atoms with Crippen LogP contribution in [-0.4, -0.2) is 20.1 Å². The Morgan fingerprint density at radius 1 is 1.18 bits per heavy atom. The number of benzene rings is 1. The summed E-state index contributed by atoms with van der Waals surface area (Å²) in [6.45, 7) is 5.74. The second-order valence-electron chi connectivity index (χ2n) is 5.66. The van der Waals surface area contributed by atoms with Gasteiger partial charge in [-0.2, -0.15) is 0 Å². The molecule has 0 saturated heterocycles. The molecule has 0 bridgehead atoms. The van der Waals surface area contributed by atoms with E-state index in [1.807, 2.05) is 70.1 Å². The molecule has 2 amide bonds. The first-order valence-corrected chi connectivity index (χ1v) is 7.28. The van der Waals surface area contributed by atoms with Gasteiger partial charge in [-0.1, -0.05) is 0 Å². The highest BCUT2D eigenvalue weighted by Gasteiger charge is 2.13. The molecule has 2 rings (SSSR count). The van der Waals surface area contributed by atoms with Crippen molar-refractivity contribution in [2.24, 2.45) is 0 Å². The largest absolute Gasteiger partial charge is 0.464 e. The Hall–Kier alpha value is -2.43. The van der Waals surface area contributed by atoms with Gasteiger partial charge in [0.1, 0.15) is 11.5 Å². The van der Waals surface area contributed by atoms with Crippen LogP contribution in [0.15, 0.2) is 34.7 Å². The minimum absolute atomic E-state index is 0.185. The van der Waals surface area contributed by atoms with Crippen LogP contribution in [0.3, 0.4) is 0 Å². The molecule has 1 heterocycles. The minimum atomic E-state index is -0.248. The van der Waals surface area contributed by atoms with E-state index in [0.29, 0.717) is 0 Å². The number of furan rings is 1. The summed E-state index contributed by atoms with van der Waals surface area (Å²) in [5.41, 5.74) is 2.91. The van der Waals surface area contributed by atoms with Crippen LogP contribution in [0.4, 0.5) is 16.2 Å². The molecule has 5 nitrogen and oxygen atoms in total. The van der Waals surface area contributed by atoms with E-state index in [0.717, 1.165) is 28.5 Å². The zero-order valence-corrected chi connectivity index (χ0v) is 13.7. The van der Waals surface area contributed by atoms with Crippen molar-refractivity contribution in [3.05, 3.63) is 47.4 Å². The zero-order valence-electron chi connectivity index (χ0n) is 13.7. The van der Waals surface area contributed by atoms with Crippen molar-refractivity contribution >= 4 is 17.4 Å². The van der Waals surface area contributed by atoms with Gasteiger partial charge in [-0.05, 0) is 56.7 Å². The molecule has 1 aromatic heterocycles. The average Bonchev–Trinajstić information content (AvgIpc) is 2.87. The Morgan fingerprint density at radius 2 is 1.91 bits per heavy atom. The molecule has 0 aliphatic heterocycles. The standard InChI is InChI=1S/C17H23N3O2/c1-11-10-14(20(4)5)7-8-15(11)19-17(21)18-13(3)16-9-6-12(2)22-16/h6-10,13H,1-5H3,(H2,18,19,21)/t13-/m0/s1. The first kappa shape index (κ1) is 15.9. The molecule has 0 saturated carbocycles. The van der Waals surface area contributed by atoms with Gasteiger partial charge in [-0.3, -0.25) is 0 Å². The van der Waals surface area contributed by atoms with Gasteiger partial charge in [0.2, 0.25) is 0 Å². The molecule has 22 heavy (non-hydrogen) atoms. The van der Waals surface area contributed by atoms with Crippen LogP contribution in [0.5, 0.6) is 0 Å². The van der Waals surface area contributed by atoms with Gasteiger partial charge >= 0.3 is 6.03 Å². The topological polar surface area (TPSA) is 57.5 Å². The zero-order chi connectivity index (χ0) is 16.3. The molecule has 0 spiro atoms. The molecule has 0 fully saturated rings. The van der Waals surface area contributed by atoms with Gasteiger partial charge < -0.3 is 20.0 Å². The summed E-state index contributed by atoms with van der Waals surface area (Å²) < 4.78 is 5.51. The highest BCUT2D eigenvalue weighted by molar-refractivity contribution is 5.90. The fourth-order valence-corrected chi connectivity index (χ4v) is 2.18. The Morgan fingerprint density at radius 3 is 2.45 bits per heavy atom. The lowest BCUT2D eigenvalue weighted by Crippen LogP contribution is -2.31. The first-order chi connectivity index (χ1) is 10.4. The third-order valence-electron chi connectivity index (χ3n) is 3.51. The lowest BCUT2D eigenvalue weighted by Gasteiger charge is -2.17. The summed E-state index contributed by atoms with van der Waals surface area (Å²) in [6, 6.07) is 9.24. The number of rotatable bonds is 4. The smallest absolute Gasteiger partial charge is 0.319 e. The van der Waals surface area contributed by atoms with Gasteiger partial charge in [0.25, 0.3) is 0 Å². The molecule has 2 N–H and O–H groups in total. The van der Waals surface area contributed by atoms with E-state index in [1.54, 1.807) is 0 Å². The molecule has 0 radical (unpaired) electrons. The molecule has 0 aliphatic rings. The van der Waals surface area contributed by atoms with Crippen LogP contribution in [-0.2, 0) is 0 Å². The van der Waals surface area contributed by atoms with Crippen molar-refractivity contribution in [3.63, 3.8) is 0 Å². The van der Waals surface area contributed by atoms with Crippen LogP contribution in [0.2, 0.25) is 0 Å². The first-order valence-electron chi connectivity index (χ1n) is 7.28. The number of amides is 2. The van der Waals surface area contributed by atoms with Crippen LogP contribution >= 0.6 is 0 Å². The summed E-state index contributed by atoms with van der Waals surface area (Å²) in [5, 5.41) is 5.74. The molecule has 0 unspecified atom stereocenters. The van der Waals surface area contributed by atoms with Crippen LogP contribution in [0.1, 0.15) is 30.0 Å². The SMILES string of the molecule is Cc1ccc([C@H](C)NC(=O)Nc2ccc(N(C)C)cc2C)o1. The van der Waals surface area contributed by atoms with E-state index < -0.39 is 0 Å². The van der Waals surface area contributed by atoms with Crippen molar-refractivity contribution in [1.29, 1.82) is 0 Å². The van der Waals surface area contributed by atoms with Crippen LogP contribution in [0.25, 0.3) is 0 Å². The summed E-state index contributed by atoms with van der Waals surface area (Å²) in [7, 11) is 3.98. The Kier molecular flexibility index (Phi) is 4.75. The van der Waals surface area contributed by atoms with E-state index in [9.17, 15) is 4.79 Å². The molecule has 1 aromatic carbocycles. The number of aryl methyl sites for hydroxylation is 2. The molecular weight excluding hydrogens is 278 g/mol. The van der Waals surface area contributed by atoms with Gasteiger partial charge in [-0.15, -0.1) is 0 Å². The highest BCUT2D eigenvalue weighted by Crippen LogP contribution is 2.21. The predicted octanol–water partition coefficient (Wildman–Crippen LogP) is 3.85. The maximum absolute atomic E-state index is 12.1. The van der Waals surface area contributed by atoms with Crippen molar-refractivity contribution in [2.45, 2.75) is 26.8 Å². The van der Waals surface area contributed by atoms with E-state index in [2.05, 4.69) is 10.6 Å². The summed E-state index contributed by atoms with van der Waals surface area (Å²) in [5.74, 6) is 1.58. The Balaban J connectivity index is 2.00. The number of anilines is 2. The fraction of sp³-hybridized carbons (Fsp3) is 0.353. The van der Waals surface area contributed by atoms with Gasteiger partial charge in [-0.25, -0.2) is 4.79 Å².